The van der Waals surface area contributed by atoms with Gasteiger partial charge in [0.1, 0.15) is 4.90 Å². The van der Waals surface area contributed by atoms with Crippen molar-refractivity contribution in [1.29, 1.82) is 0 Å². The van der Waals surface area contributed by atoms with Crippen molar-refractivity contribution < 1.29 is 18.1 Å². The van der Waals surface area contributed by atoms with Gasteiger partial charge in [-0.3, -0.25) is 15.5 Å². The third-order valence-electron chi connectivity index (χ3n) is 4.24. The maximum absolute atomic E-state index is 13.0. The number of benzene rings is 2. The van der Waals surface area contributed by atoms with Crippen LogP contribution >= 0.6 is 11.6 Å². The Morgan fingerprint density at radius 2 is 1.90 bits per heavy atom. The molecule has 1 aliphatic rings. The number of nitro benzene ring substituents is 1. The average molecular weight is 451 g/mol. The van der Waals surface area contributed by atoms with Crippen molar-refractivity contribution in [1.82, 2.24) is 4.31 Å². The lowest BCUT2D eigenvalue weighted by atomic mass is 10.2. The van der Waals surface area contributed by atoms with Crippen LogP contribution in [0.3, 0.4) is 0 Å². The van der Waals surface area contributed by atoms with Crippen LogP contribution in [-0.2, 0) is 14.8 Å². The Kier molecular flexibility index (Phi) is 7.16. The monoisotopic (exact) mass is 450 g/mol. The van der Waals surface area contributed by atoms with E-state index in [2.05, 4.69) is 10.5 Å². The van der Waals surface area contributed by atoms with Gasteiger partial charge in [-0.05, 0) is 17.7 Å². The van der Waals surface area contributed by atoms with Crippen molar-refractivity contribution in [3.8, 4) is 0 Å². The molecule has 0 amide bonds. The molecule has 1 fully saturated rings. The second kappa shape index (κ2) is 9.81. The van der Waals surface area contributed by atoms with E-state index in [1.807, 2.05) is 30.3 Å². The number of nitrogens with zero attached hydrogens (tertiary/aromatic N) is 3. The second-order valence-electron chi connectivity index (χ2n) is 6.26. The summed E-state index contributed by atoms with van der Waals surface area (Å²) >= 11 is 6.14. The quantitative estimate of drug-likeness (QED) is 0.393. The van der Waals surface area contributed by atoms with Crippen LogP contribution in [0.15, 0.2) is 63.6 Å². The fourth-order valence-electron chi connectivity index (χ4n) is 2.77. The number of sulfonamides is 1. The van der Waals surface area contributed by atoms with E-state index in [1.54, 1.807) is 6.08 Å². The van der Waals surface area contributed by atoms with E-state index in [-0.39, 0.29) is 42.6 Å². The summed E-state index contributed by atoms with van der Waals surface area (Å²) in [4.78, 5) is 10.3. The van der Waals surface area contributed by atoms with Gasteiger partial charge < -0.3 is 4.74 Å². The van der Waals surface area contributed by atoms with Gasteiger partial charge in [-0.2, -0.15) is 9.41 Å². The molecule has 11 heteroatoms. The van der Waals surface area contributed by atoms with E-state index < -0.39 is 14.9 Å². The summed E-state index contributed by atoms with van der Waals surface area (Å²) in [6, 6.07) is 12.9. The molecule has 1 heterocycles. The molecule has 0 atom stereocenters. The molecule has 0 aliphatic carbocycles. The van der Waals surface area contributed by atoms with E-state index in [9.17, 15) is 18.5 Å². The minimum Gasteiger partial charge on any atom is -0.379 e. The first-order chi connectivity index (χ1) is 14.4. The number of hydrogen-bond acceptors (Lipinski definition) is 7. The van der Waals surface area contributed by atoms with Gasteiger partial charge in [0.15, 0.2) is 0 Å². The first-order valence-electron chi connectivity index (χ1n) is 8.95. The summed E-state index contributed by atoms with van der Waals surface area (Å²) in [6.07, 6.45) is 3.01. The van der Waals surface area contributed by atoms with E-state index >= 15 is 0 Å². The standard InChI is InChI=1S/C19H19ClN4O5S/c20-16(12-15-4-2-1-3-5-15)14-21-22-18-7-6-17(24(25)26)13-19(18)30(27,28)23-8-10-29-11-9-23/h1-7,12-14,22H,8-11H2/b16-12-,21-14+. The molecule has 1 aliphatic heterocycles. The number of anilines is 1. The lowest BCUT2D eigenvalue weighted by Crippen LogP contribution is -2.40. The molecule has 30 heavy (non-hydrogen) atoms. The van der Waals surface area contributed by atoms with Gasteiger partial charge in [0, 0.05) is 25.2 Å². The largest absolute Gasteiger partial charge is 0.379 e. The summed E-state index contributed by atoms with van der Waals surface area (Å²) in [7, 11) is -3.98. The van der Waals surface area contributed by atoms with Crippen LogP contribution in [0.5, 0.6) is 0 Å². The highest BCUT2D eigenvalue weighted by molar-refractivity contribution is 7.89. The topological polar surface area (TPSA) is 114 Å². The summed E-state index contributed by atoms with van der Waals surface area (Å²) in [6.45, 7) is 0.850. The van der Waals surface area contributed by atoms with Crippen LogP contribution in [0.2, 0.25) is 0 Å². The fraction of sp³-hybridized carbons (Fsp3) is 0.211. The maximum Gasteiger partial charge on any atom is 0.270 e. The van der Waals surface area contributed by atoms with Crippen molar-refractivity contribution in [2.24, 2.45) is 5.10 Å². The average Bonchev–Trinajstić information content (AvgIpc) is 2.75. The molecule has 3 rings (SSSR count). The van der Waals surface area contributed by atoms with E-state index in [0.29, 0.717) is 5.03 Å². The summed E-state index contributed by atoms with van der Waals surface area (Å²) < 4.78 is 32.5. The number of halogens is 1. The molecule has 0 bridgehead atoms. The van der Waals surface area contributed by atoms with E-state index in [4.69, 9.17) is 16.3 Å². The van der Waals surface area contributed by atoms with Crippen LogP contribution in [0.1, 0.15) is 5.56 Å². The van der Waals surface area contributed by atoms with Gasteiger partial charge in [0.05, 0.1) is 35.1 Å². The van der Waals surface area contributed by atoms with Gasteiger partial charge in [0.25, 0.3) is 5.69 Å². The zero-order chi connectivity index (χ0) is 21.6. The van der Waals surface area contributed by atoms with Crippen molar-refractivity contribution in [3.05, 3.63) is 69.2 Å². The van der Waals surface area contributed by atoms with Gasteiger partial charge in [-0.15, -0.1) is 0 Å². The first kappa shape index (κ1) is 21.9. The highest BCUT2D eigenvalue weighted by Crippen LogP contribution is 2.29. The van der Waals surface area contributed by atoms with Gasteiger partial charge in [-0.25, -0.2) is 8.42 Å². The molecule has 2 aromatic rings. The minimum absolute atomic E-state index is 0.104. The highest BCUT2D eigenvalue weighted by atomic mass is 35.5. The first-order valence-corrected chi connectivity index (χ1v) is 10.8. The SMILES string of the molecule is O=[N+]([O-])c1ccc(N/N=C/C(Cl)=C/c2ccccc2)c(S(=O)(=O)N2CCOCC2)c1. The smallest absolute Gasteiger partial charge is 0.270 e. The van der Waals surface area contributed by atoms with Crippen molar-refractivity contribution >= 4 is 45.3 Å². The van der Waals surface area contributed by atoms with Crippen LogP contribution in [-0.4, -0.2) is 50.2 Å². The Labute approximate surface area is 178 Å². The number of nitrogens with one attached hydrogen (secondary N) is 1. The predicted molar refractivity (Wildman–Crippen MR) is 115 cm³/mol. The molecular weight excluding hydrogens is 432 g/mol. The molecule has 9 nitrogen and oxygen atoms in total. The normalized spacial score (nSPS) is 16.0. The number of non-ortho nitro benzene ring substituents is 1. The lowest BCUT2D eigenvalue weighted by Gasteiger charge is -2.26. The summed E-state index contributed by atoms with van der Waals surface area (Å²) in [5.41, 5.74) is 3.27. The number of nitro groups is 1. The van der Waals surface area contributed by atoms with E-state index in [0.717, 1.165) is 11.6 Å². The molecule has 0 aromatic heterocycles. The Morgan fingerprint density at radius 3 is 2.57 bits per heavy atom. The predicted octanol–water partition coefficient (Wildman–Crippen LogP) is 3.29. The Hall–Kier alpha value is -2.79. The molecule has 0 spiro atoms. The van der Waals surface area contributed by atoms with Gasteiger partial charge in [0.2, 0.25) is 10.0 Å². The van der Waals surface area contributed by atoms with Crippen LogP contribution < -0.4 is 5.43 Å². The Bertz CT molecular complexity index is 1070. The molecular formula is C19H19ClN4O5S. The number of morpholine rings is 1. The van der Waals surface area contributed by atoms with Crippen molar-refractivity contribution in [2.45, 2.75) is 4.90 Å². The van der Waals surface area contributed by atoms with Gasteiger partial charge in [-0.1, -0.05) is 41.9 Å². The zero-order valence-electron chi connectivity index (χ0n) is 15.8. The second-order valence-corrected chi connectivity index (χ2v) is 8.61. The number of hydrazone groups is 1. The molecule has 158 valence electrons. The minimum atomic E-state index is -3.98. The van der Waals surface area contributed by atoms with Crippen molar-refractivity contribution in [3.63, 3.8) is 0 Å². The number of rotatable bonds is 7. The molecule has 2 aromatic carbocycles. The van der Waals surface area contributed by atoms with Crippen LogP contribution in [0.25, 0.3) is 6.08 Å². The third kappa shape index (κ3) is 5.42. The number of hydrogen-bond donors (Lipinski definition) is 1. The summed E-state index contributed by atoms with van der Waals surface area (Å²) in [5, 5.41) is 15.4. The molecule has 1 N–H and O–H groups in total. The van der Waals surface area contributed by atoms with Crippen LogP contribution in [0, 0.1) is 10.1 Å². The Morgan fingerprint density at radius 1 is 1.20 bits per heavy atom. The lowest BCUT2D eigenvalue weighted by molar-refractivity contribution is -0.385. The zero-order valence-corrected chi connectivity index (χ0v) is 17.3. The van der Waals surface area contributed by atoms with Crippen molar-refractivity contribution in [2.75, 3.05) is 31.7 Å². The molecule has 1 saturated heterocycles. The van der Waals surface area contributed by atoms with E-state index in [1.165, 1.54) is 22.7 Å². The fourth-order valence-corrected chi connectivity index (χ4v) is 4.51. The molecule has 0 unspecified atom stereocenters. The number of allylic oxidation sites excluding steroid dienone is 1. The number of ether oxygens (including phenoxy) is 1. The summed E-state index contributed by atoms with van der Waals surface area (Å²) in [5.74, 6) is 0. The Balaban J connectivity index is 1.87. The van der Waals surface area contributed by atoms with Crippen LogP contribution in [0.4, 0.5) is 11.4 Å². The highest BCUT2D eigenvalue weighted by Gasteiger charge is 2.30. The van der Waals surface area contributed by atoms with Gasteiger partial charge >= 0.3 is 0 Å². The molecule has 0 saturated carbocycles. The maximum atomic E-state index is 13.0. The molecule has 0 radical (unpaired) electrons. The third-order valence-corrected chi connectivity index (χ3v) is 6.39.